The van der Waals surface area contributed by atoms with Crippen molar-refractivity contribution in [3.05, 3.63) is 35.9 Å². The van der Waals surface area contributed by atoms with Crippen molar-refractivity contribution < 1.29 is 13.5 Å². The van der Waals surface area contributed by atoms with E-state index in [-0.39, 0.29) is 18.0 Å². The van der Waals surface area contributed by atoms with E-state index in [9.17, 15) is 8.42 Å². The molecule has 0 aliphatic rings. The fourth-order valence-corrected chi connectivity index (χ4v) is 2.80. The summed E-state index contributed by atoms with van der Waals surface area (Å²) in [4.78, 5) is 0.140. The van der Waals surface area contributed by atoms with E-state index >= 15 is 0 Å². The van der Waals surface area contributed by atoms with Crippen LogP contribution < -0.4 is 4.72 Å². The van der Waals surface area contributed by atoms with E-state index in [0.29, 0.717) is 5.69 Å². The first-order chi connectivity index (χ1) is 8.94. The van der Waals surface area contributed by atoms with Crippen molar-refractivity contribution in [3.8, 4) is 0 Å². The van der Waals surface area contributed by atoms with Crippen molar-refractivity contribution in [1.82, 2.24) is 19.1 Å². The average molecular weight is 284 g/mol. The zero-order valence-corrected chi connectivity index (χ0v) is 11.6. The third-order valence-corrected chi connectivity index (χ3v) is 4.29. The van der Waals surface area contributed by atoms with Gasteiger partial charge in [0.2, 0.25) is 10.0 Å². The number of aliphatic hydroxyl groups excluding tert-OH is 1. The van der Waals surface area contributed by atoms with Crippen LogP contribution in [0.5, 0.6) is 0 Å². The van der Waals surface area contributed by atoms with Crippen LogP contribution in [0.4, 0.5) is 0 Å². The van der Waals surface area contributed by atoms with Crippen LogP contribution in [0.2, 0.25) is 0 Å². The molecular formula is C11H16N4O3S. The highest BCUT2D eigenvalue weighted by atomic mass is 32.2. The molecule has 0 aromatic carbocycles. The molecule has 0 unspecified atom stereocenters. The average Bonchev–Trinajstić information content (AvgIpc) is 2.93. The number of aryl methyl sites for hydroxylation is 2. The number of aliphatic hydroxyl groups is 1. The van der Waals surface area contributed by atoms with Crippen LogP contribution >= 0.6 is 0 Å². The van der Waals surface area contributed by atoms with E-state index < -0.39 is 10.0 Å². The van der Waals surface area contributed by atoms with Crippen LogP contribution in [-0.4, -0.2) is 27.9 Å². The Kier molecular flexibility index (Phi) is 3.74. The SMILES string of the molecule is Cn1cc(S(=O)(=O)NCc2ccnn2C)cc1CO. The fourth-order valence-electron chi connectivity index (χ4n) is 1.71. The maximum absolute atomic E-state index is 12.1. The second-order valence-corrected chi connectivity index (χ2v) is 5.97. The maximum Gasteiger partial charge on any atom is 0.242 e. The molecule has 2 aromatic heterocycles. The molecule has 0 radical (unpaired) electrons. The summed E-state index contributed by atoms with van der Waals surface area (Å²) >= 11 is 0. The second-order valence-electron chi connectivity index (χ2n) is 4.21. The highest BCUT2D eigenvalue weighted by molar-refractivity contribution is 7.89. The van der Waals surface area contributed by atoms with Gasteiger partial charge in [0.25, 0.3) is 0 Å². The molecule has 0 saturated carbocycles. The molecule has 8 heteroatoms. The summed E-state index contributed by atoms with van der Waals surface area (Å²) in [7, 11) is -0.156. The Morgan fingerprint density at radius 2 is 2.11 bits per heavy atom. The molecule has 0 bridgehead atoms. The lowest BCUT2D eigenvalue weighted by atomic mass is 10.4. The molecule has 0 spiro atoms. The summed E-state index contributed by atoms with van der Waals surface area (Å²) in [5.74, 6) is 0. The minimum absolute atomic E-state index is 0.140. The van der Waals surface area contributed by atoms with Gasteiger partial charge < -0.3 is 9.67 Å². The van der Waals surface area contributed by atoms with Crippen LogP contribution in [0.25, 0.3) is 0 Å². The van der Waals surface area contributed by atoms with Gasteiger partial charge in [0.1, 0.15) is 0 Å². The minimum Gasteiger partial charge on any atom is -0.390 e. The molecule has 0 aliphatic heterocycles. The maximum atomic E-state index is 12.1. The van der Waals surface area contributed by atoms with Crippen molar-refractivity contribution in [1.29, 1.82) is 0 Å². The van der Waals surface area contributed by atoms with Gasteiger partial charge >= 0.3 is 0 Å². The van der Waals surface area contributed by atoms with Crippen LogP contribution in [0.1, 0.15) is 11.4 Å². The minimum atomic E-state index is -3.59. The number of hydrogen-bond donors (Lipinski definition) is 2. The molecule has 0 saturated heterocycles. The highest BCUT2D eigenvalue weighted by Crippen LogP contribution is 2.13. The summed E-state index contributed by atoms with van der Waals surface area (Å²) in [6.07, 6.45) is 3.08. The predicted molar refractivity (Wildman–Crippen MR) is 68.6 cm³/mol. The van der Waals surface area contributed by atoms with Crippen LogP contribution in [0.3, 0.4) is 0 Å². The van der Waals surface area contributed by atoms with Gasteiger partial charge in [-0.3, -0.25) is 4.68 Å². The Labute approximate surface area is 111 Å². The van der Waals surface area contributed by atoms with E-state index in [4.69, 9.17) is 5.11 Å². The van der Waals surface area contributed by atoms with E-state index in [2.05, 4.69) is 9.82 Å². The Bertz CT molecular complexity index is 672. The molecule has 19 heavy (non-hydrogen) atoms. The third-order valence-electron chi connectivity index (χ3n) is 2.92. The number of nitrogens with one attached hydrogen (secondary N) is 1. The lowest BCUT2D eigenvalue weighted by Crippen LogP contribution is -2.24. The van der Waals surface area contributed by atoms with Crippen LogP contribution in [0.15, 0.2) is 29.4 Å². The van der Waals surface area contributed by atoms with Gasteiger partial charge in [-0.1, -0.05) is 0 Å². The van der Waals surface area contributed by atoms with Crippen molar-refractivity contribution in [2.75, 3.05) is 0 Å². The van der Waals surface area contributed by atoms with Gasteiger partial charge in [-0.05, 0) is 12.1 Å². The quantitative estimate of drug-likeness (QED) is 0.791. The summed E-state index contributed by atoms with van der Waals surface area (Å²) in [5.41, 5.74) is 1.31. The molecular weight excluding hydrogens is 268 g/mol. The molecule has 2 heterocycles. The molecule has 0 aliphatic carbocycles. The van der Waals surface area contributed by atoms with Crippen molar-refractivity contribution in [2.45, 2.75) is 18.0 Å². The van der Waals surface area contributed by atoms with Gasteiger partial charge in [0, 0.05) is 32.2 Å². The molecule has 2 rings (SSSR count). The Balaban J connectivity index is 2.16. The van der Waals surface area contributed by atoms with Crippen molar-refractivity contribution in [2.24, 2.45) is 14.1 Å². The summed E-state index contributed by atoms with van der Waals surface area (Å²) < 4.78 is 29.9. The molecule has 7 nitrogen and oxygen atoms in total. The topological polar surface area (TPSA) is 89.2 Å². The molecule has 2 N–H and O–H groups in total. The van der Waals surface area contributed by atoms with Crippen LogP contribution in [0, 0.1) is 0 Å². The number of sulfonamides is 1. The second kappa shape index (κ2) is 5.16. The van der Waals surface area contributed by atoms with E-state index in [1.165, 1.54) is 12.3 Å². The predicted octanol–water partition coefficient (Wildman–Crippen LogP) is -0.271. The van der Waals surface area contributed by atoms with E-state index in [1.54, 1.807) is 35.6 Å². The van der Waals surface area contributed by atoms with Crippen LogP contribution in [-0.2, 0) is 37.3 Å². The monoisotopic (exact) mass is 284 g/mol. The van der Waals surface area contributed by atoms with E-state index in [1.807, 2.05) is 0 Å². The lowest BCUT2D eigenvalue weighted by molar-refractivity contribution is 0.272. The van der Waals surface area contributed by atoms with Gasteiger partial charge in [-0.25, -0.2) is 13.1 Å². The summed E-state index contributed by atoms with van der Waals surface area (Å²) in [6, 6.07) is 3.19. The molecule has 0 fully saturated rings. The molecule has 0 amide bonds. The largest absolute Gasteiger partial charge is 0.390 e. The number of rotatable bonds is 5. The third kappa shape index (κ3) is 2.86. The zero-order chi connectivity index (χ0) is 14.0. The normalized spacial score (nSPS) is 11.9. The summed E-state index contributed by atoms with van der Waals surface area (Å²) in [5, 5.41) is 13.0. The number of nitrogens with zero attached hydrogens (tertiary/aromatic N) is 3. The Hall–Kier alpha value is -1.64. The number of aromatic nitrogens is 3. The first-order valence-corrected chi connectivity index (χ1v) is 7.15. The van der Waals surface area contributed by atoms with Gasteiger partial charge in [0.05, 0.1) is 23.7 Å². The number of hydrogen-bond acceptors (Lipinski definition) is 4. The first-order valence-electron chi connectivity index (χ1n) is 5.66. The standard InChI is InChI=1S/C11H16N4O3S/c1-14-7-11(5-10(14)8-16)19(17,18)13-6-9-3-4-12-15(9)2/h3-5,7,13,16H,6,8H2,1-2H3. The highest BCUT2D eigenvalue weighted by Gasteiger charge is 2.17. The molecule has 2 aromatic rings. The van der Waals surface area contributed by atoms with Crippen molar-refractivity contribution >= 4 is 10.0 Å². The van der Waals surface area contributed by atoms with E-state index in [0.717, 1.165) is 5.69 Å². The Morgan fingerprint density at radius 3 is 2.63 bits per heavy atom. The smallest absolute Gasteiger partial charge is 0.242 e. The first kappa shape index (κ1) is 13.8. The molecule has 0 atom stereocenters. The Morgan fingerprint density at radius 1 is 1.37 bits per heavy atom. The molecule has 104 valence electrons. The van der Waals surface area contributed by atoms with Gasteiger partial charge in [-0.2, -0.15) is 5.10 Å². The van der Waals surface area contributed by atoms with Gasteiger partial charge in [0.15, 0.2) is 0 Å². The zero-order valence-electron chi connectivity index (χ0n) is 10.7. The summed E-state index contributed by atoms with van der Waals surface area (Å²) in [6.45, 7) is -0.0318. The van der Waals surface area contributed by atoms with Crippen molar-refractivity contribution in [3.63, 3.8) is 0 Å². The fraction of sp³-hybridized carbons (Fsp3) is 0.364. The lowest BCUT2D eigenvalue weighted by Gasteiger charge is -2.05. The van der Waals surface area contributed by atoms with Gasteiger partial charge in [-0.15, -0.1) is 0 Å².